The van der Waals surface area contributed by atoms with Crippen molar-refractivity contribution in [1.29, 1.82) is 0 Å². The van der Waals surface area contributed by atoms with Gasteiger partial charge in [-0.05, 0) is 62.1 Å². The van der Waals surface area contributed by atoms with Crippen LogP contribution in [0.4, 0.5) is 5.69 Å². The summed E-state index contributed by atoms with van der Waals surface area (Å²) < 4.78 is 10.9. The number of ether oxygens (including phenoxy) is 2. The van der Waals surface area contributed by atoms with Crippen molar-refractivity contribution in [3.8, 4) is 5.75 Å². The Balaban J connectivity index is 1.73. The monoisotopic (exact) mass is 468 g/mol. The van der Waals surface area contributed by atoms with E-state index in [4.69, 9.17) is 9.47 Å². The van der Waals surface area contributed by atoms with Gasteiger partial charge in [0.2, 0.25) is 0 Å². The lowest BCUT2D eigenvalue weighted by Gasteiger charge is -2.08. The maximum absolute atomic E-state index is 12.1. The molecule has 182 valence electrons. The highest BCUT2D eigenvalue weighted by Gasteiger charge is 2.11. The predicted octanol–water partition coefficient (Wildman–Crippen LogP) is 2.65. The van der Waals surface area contributed by atoms with Crippen LogP contribution < -0.4 is 20.8 Å². The summed E-state index contributed by atoms with van der Waals surface area (Å²) in [5.41, 5.74) is 4.70. The minimum atomic E-state index is -0.864. The van der Waals surface area contributed by atoms with Gasteiger partial charge >= 0.3 is 11.8 Å². The zero-order chi connectivity index (χ0) is 24.8. The number of benzene rings is 2. The number of rotatable bonds is 12. The van der Waals surface area contributed by atoms with Gasteiger partial charge in [-0.1, -0.05) is 31.2 Å². The quantitative estimate of drug-likeness (QED) is 0.192. The van der Waals surface area contributed by atoms with E-state index in [1.54, 1.807) is 24.3 Å². The fraction of sp³-hybridized carbons (Fsp3) is 0.360. The molecule has 0 heterocycles. The number of amides is 3. The highest BCUT2D eigenvalue weighted by molar-refractivity contribution is 6.35. The summed E-state index contributed by atoms with van der Waals surface area (Å²) in [6.45, 7) is 6.60. The summed E-state index contributed by atoms with van der Waals surface area (Å²) in [6.07, 6.45) is 3.04. The van der Waals surface area contributed by atoms with Gasteiger partial charge in [-0.2, -0.15) is 5.10 Å². The molecule has 0 bridgehead atoms. The average Bonchev–Trinajstić information content (AvgIpc) is 2.83. The van der Waals surface area contributed by atoms with Gasteiger partial charge in [-0.3, -0.25) is 14.4 Å². The number of aryl methyl sites for hydroxylation is 1. The van der Waals surface area contributed by atoms with Crippen molar-refractivity contribution in [2.75, 3.05) is 25.1 Å². The Morgan fingerprint density at radius 2 is 1.82 bits per heavy atom. The van der Waals surface area contributed by atoms with Crippen LogP contribution in [-0.4, -0.2) is 49.8 Å². The molecule has 2 aromatic carbocycles. The highest BCUT2D eigenvalue weighted by atomic mass is 16.5. The van der Waals surface area contributed by atoms with E-state index in [1.807, 2.05) is 38.1 Å². The van der Waals surface area contributed by atoms with E-state index < -0.39 is 11.8 Å². The number of nitrogens with zero attached hydrogens (tertiary/aromatic N) is 1. The van der Waals surface area contributed by atoms with Gasteiger partial charge in [0.15, 0.2) is 6.61 Å². The van der Waals surface area contributed by atoms with Crippen LogP contribution in [0.5, 0.6) is 5.75 Å². The number of hydrogen-bond donors (Lipinski definition) is 3. The average molecular weight is 469 g/mol. The first kappa shape index (κ1) is 26.5. The van der Waals surface area contributed by atoms with Crippen LogP contribution in [0.3, 0.4) is 0 Å². The first-order valence-electron chi connectivity index (χ1n) is 11.2. The van der Waals surface area contributed by atoms with E-state index in [2.05, 4.69) is 28.1 Å². The molecule has 0 aliphatic carbocycles. The maximum Gasteiger partial charge on any atom is 0.329 e. The van der Waals surface area contributed by atoms with Crippen LogP contribution in [0.15, 0.2) is 53.6 Å². The Morgan fingerprint density at radius 1 is 1.06 bits per heavy atom. The molecule has 0 saturated carbocycles. The molecule has 0 aromatic heterocycles. The van der Waals surface area contributed by atoms with E-state index in [9.17, 15) is 14.4 Å². The number of carbonyl (C=O) groups excluding carboxylic acids is 3. The maximum atomic E-state index is 12.1. The fourth-order valence-corrected chi connectivity index (χ4v) is 2.74. The topological polar surface area (TPSA) is 118 Å². The van der Waals surface area contributed by atoms with Gasteiger partial charge < -0.3 is 20.1 Å². The Hall–Kier alpha value is -3.72. The molecule has 3 amide bonds. The van der Waals surface area contributed by atoms with Gasteiger partial charge in [0.25, 0.3) is 5.91 Å². The van der Waals surface area contributed by atoms with Gasteiger partial charge in [-0.15, -0.1) is 0 Å². The Bertz CT molecular complexity index is 974. The summed E-state index contributed by atoms with van der Waals surface area (Å²) in [4.78, 5) is 35.7. The van der Waals surface area contributed by atoms with Crippen molar-refractivity contribution in [3.63, 3.8) is 0 Å². The standard InChI is InChI=1S/C25H32N4O5/c1-4-19-9-11-21(12-10-19)28-23(30)17-34-22-8-5-7-20(15-22)16-27-29-25(32)24(31)26-13-6-14-33-18(2)3/h5,7-12,15-16,18H,4,6,13-14,17H2,1-3H3,(H,26,31)(H,28,30)(H,29,32)/b27-16-. The number of carbonyl (C=O) groups is 3. The Labute approximate surface area is 199 Å². The lowest BCUT2D eigenvalue weighted by Crippen LogP contribution is -2.38. The molecule has 0 saturated heterocycles. The van der Waals surface area contributed by atoms with Gasteiger partial charge in [0.1, 0.15) is 5.75 Å². The van der Waals surface area contributed by atoms with Crippen molar-refractivity contribution >= 4 is 29.6 Å². The van der Waals surface area contributed by atoms with E-state index in [-0.39, 0.29) is 18.6 Å². The van der Waals surface area contributed by atoms with Gasteiger partial charge in [0.05, 0.1) is 12.3 Å². The second-order valence-corrected chi connectivity index (χ2v) is 7.69. The van der Waals surface area contributed by atoms with Gasteiger partial charge in [0, 0.05) is 18.8 Å². The SMILES string of the molecule is CCc1ccc(NC(=O)COc2cccc(/C=N\NC(=O)C(=O)NCCCOC(C)C)c2)cc1. The zero-order valence-electron chi connectivity index (χ0n) is 19.8. The number of hydrazone groups is 1. The number of anilines is 1. The van der Waals surface area contributed by atoms with Crippen molar-refractivity contribution in [2.45, 2.75) is 39.7 Å². The summed E-state index contributed by atoms with van der Waals surface area (Å²) in [7, 11) is 0. The van der Waals surface area contributed by atoms with E-state index >= 15 is 0 Å². The van der Waals surface area contributed by atoms with Crippen LogP contribution in [0.2, 0.25) is 0 Å². The third kappa shape index (κ3) is 10.3. The van der Waals surface area contributed by atoms with Crippen molar-refractivity contribution < 1.29 is 23.9 Å². The summed E-state index contributed by atoms with van der Waals surface area (Å²) in [6, 6.07) is 14.5. The molecule has 0 aliphatic heterocycles. The first-order chi connectivity index (χ1) is 16.4. The lowest BCUT2D eigenvalue weighted by atomic mass is 10.1. The van der Waals surface area contributed by atoms with Crippen molar-refractivity contribution in [3.05, 3.63) is 59.7 Å². The highest BCUT2D eigenvalue weighted by Crippen LogP contribution is 2.13. The molecule has 2 rings (SSSR count). The minimum Gasteiger partial charge on any atom is -0.484 e. The molecule has 9 heteroatoms. The van der Waals surface area contributed by atoms with Gasteiger partial charge in [-0.25, -0.2) is 5.43 Å². The third-order valence-electron chi connectivity index (χ3n) is 4.52. The summed E-state index contributed by atoms with van der Waals surface area (Å²) in [5.74, 6) is -1.45. The van der Waals surface area contributed by atoms with E-state index in [1.165, 1.54) is 11.8 Å². The molecule has 3 N–H and O–H groups in total. The molecule has 2 aromatic rings. The fourth-order valence-electron chi connectivity index (χ4n) is 2.74. The third-order valence-corrected chi connectivity index (χ3v) is 4.52. The predicted molar refractivity (Wildman–Crippen MR) is 131 cm³/mol. The molecule has 0 atom stereocenters. The first-order valence-corrected chi connectivity index (χ1v) is 11.2. The van der Waals surface area contributed by atoms with Crippen LogP contribution in [0, 0.1) is 0 Å². The molecular formula is C25H32N4O5. The Morgan fingerprint density at radius 3 is 2.53 bits per heavy atom. The lowest BCUT2D eigenvalue weighted by molar-refractivity contribution is -0.139. The van der Waals surface area contributed by atoms with Crippen LogP contribution in [0.25, 0.3) is 0 Å². The van der Waals surface area contributed by atoms with Crippen LogP contribution in [0.1, 0.15) is 38.3 Å². The van der Waals surface area contributed by atoms with Crippen molar-refractivity contribution in [1.82, 2.24) is 10.7 Å². The molecule has 34 heavy (non-hydrogen) atoms. The minimum absolute atomic E-state index is 0.123. The molecule has 9 nitrogen and oxygen atoms in total. The van der Waals surface area contributed by atoms with E-state index in [0.717, 1.165) is 6.42 Å². The molecule has 0 spiro atoms. The second kappa shape index (κ2) is 14.4. The van der Waals surface area contributed by atoms with E-state index in [0.29, 0.717) is 36.6 Å². The van der Waals surface area contributed by atoms with Crippen LogP contribution in [-0.2, 0) is 25.5 Å². The van der Waals surface area contributed by atoms with Crippen LogP contribution >= 0.6 is 0 Å². The second-order valence-electron chi connectivity index (χ2n) is 7.69. The number of nitrogens with one attached hydrogen (secondary N) is 3. The summed E-state index contributed by atoms with van der Waals surface area (Å²) in [5, 5.41) is 9.07. The van der Waals surface area contributed by atoms with Crippen molar-refractivity contribution in [2.24, 2.45) is 5.10 Å². The molecule has 0 unspecified atom stereocenters. The molecule has 0 fully saturated rings. The molecule has 0 radical (unpaired) electrons. The molecule has 0 aliphatic rings. The Kier molecular flexibility index (Phi) is 11.3. The smallest absolute Gasteiger partial charge is 0.329 e. The normalized spacial score (nSPS) is 10.8. The zero-order valence-corrected chi connectivity index (χ0v) is 19.8. The molecular weight excluding hydrogens is 436 g/mol. The number of hydrogen-bond acceptors (Lipinski definition) is 6. The largest absolute Gasteiger partial charge is 0.484 e. The summed E-state index contributed by atoms with van der Waals surface area (Å²) >= 11 is 0.